The predicted molar refractivity (Wildman–Crippen MR) is 69.6 cm³/mol. The Labute approximate surface area is 113 Å². The molecule has 0 aliphatic carbocycles. The van der Waals surface area contributed by atoms with E-state index in [-0.39, 0.29) is 23.9 Å². The number of rotatable bonds is 2. The molecular formula is C12H14BrClFNO. The molecule has 2 rings (SSSR count). The second kappa shape index (κ2) is 5.22. The number of benzene rings is 1. The van der Waals surface area contributed by atoms with Gasteiger partial charge in [-0.3, -0.25) is 0 Å². The van der Waals surface area contributed by atoms with Crippen molar-refractivity contribution in [3.05, 3.63) is 33.0 Å². The first kappa shape index (κ1) is 13.3. The maximum absolute atomic E-state index is 13.8. The van der Waals surface area contributed by atoms with Crippen molar-refractivity contribution in [1.29, 1.82) is 0 Å². The van der Waals surface area contributed by atoms with Crippen molar-refractivity contribution in [3.8, 4) is 0 Å². The van der Waals surface area contributed by atoms with Crippen LogP contribution in [-0.4, -0.2) is 12.7 Å². The summed E-state index contributed by atoms with van der Waals surface area (Å²) in [6.45, 7) is 2.58. The highest BCUT2D eigenvalue weighted by Crippen LogP contribution is 2.34. The Kier molecular flexibility index (Phi) is 4.08. The second-order valence-electron chi connectivity index (χ2n) is 4.45. The Morgan fingerprint density at radius 2 is 2.29 bits per heavy atom. The maximum atomic E-state index is 13.8. The molecule has 5 heteroatoms. The summed E-state index contributed by atoms with van der Waals surface area (Å²) in [5.41, 5.74) is 6.55. The zero-order valence-electron chi connectivity index (χ0n) is 9.42. The second-order valence-corrected chi connectivity index (χ2v) is 5.71. The lowest BCUT2D eigenvalue weighted by atomic mass is 9.91. The van der Waals surface area contributed by atoms with Crippen LogP contribution in [0, 0.1) is 11.7 Å². The lowest BCUT2D eigenvalue weighted by Crippen LogP contribution is -2.23. The molecule has 0 aromatic heterocycles. The topological polar surface area (TPSA) is 35.2 Å². The van der Waals surface area contributed by atoms with Crippen molar-refractivity contribution >= 4 is 27.5 Å². The molecule has 94 valence electrons. The van der Waals surface area contributed by atoms with Gasteiger partial charge in [0.25, 0.3) is 0 Å². The molecule has 0 radical (unpaired) electrons. The fraction of sp³-hybridized carbons (Fsp3) is 0.500. The molecule has 0 bridgehead atoms. The minimum absolute atomic E-state index is 0.150. The Hall–Kier alpha value is -0.160. The van der Waals surface area contributed by atoms with E-state index in [1.54, 1.807) is 6.07 Å². The third kappa shape index (κ3) is 2.81. The zero-order chi connectivity index (χ0) is 12.6. The van der Waals surface area contributed by atoms with Crippen LogP contribution in [0.5, 0.6) is 0 Å². The van der Waals surface area contributed by atoms with E-state index in [1.807, 2.05) is 6.92 Å². The van der Waals surface area contributed by atoms with Gasteiger partial charge in [0.2, 0.25) is 0 Å². The smallest absolute Gasteiger partial charge is 0.129 e. The monoisotopic (exact) mass is 321 g/mol. The summed E-state index contributed by atoms with van der Waals surface area (Å²) in [6.07, 6.45) is 1.05. The van der Waals surface area contributed by atoms with Crippen molar-refractivity contribution in [2.75, 3.05) is 6.61 Å². The van der Waals surface area contributed by atoms with Crippen molar-refractivity contribution in [3.63, 3.8) is 0 Å². The molecule has 1 heterocycles. The number of hydrogen-bond acceptors (Lipinski definition) is 2. The largest absolute Gasteiger partial charge is 0.378 e. The summed E-state index contributed by atoms with van der Waals surface area (Å²) in [4.78, 5) is 0. The van der Waals surface area contributed by atoms with E-state index >= 15 is 0 Å². The van der Waals surface area contributed by atoms with Crippen LogP contribution in [0.1, 0.15) is 24.9 Å². The van der Waals surface area contributed by atoms with Crippen molar-refractivity contribution in [2.45, 2.75) is 25.5 Å². The molecule has 0 spiro atoms. The number of ether oxygens (including phenoxy) is 1. The fourth-order valence-corrected chi connectivity index (χ4v) is 2.64. The molecule has 17 heavy (non-hydrogen) atoms. The molecule has 2 N–H and O–H groups in total. The summed E-state index contributed by atoms with van der Waals surface area (Å²) in [5.74, 6) is -0.176. The quantitative estimate of drug-likeness (QED) is 0.843. The summed E-state index contributed by atoms with van der Waals surface area (Å²) >= 11 is 9.15. The lowest BCUT2D eigenvalue weighted by molar-refractivity contribution is 0.118. The van der Waals surface area contributed by atoms with Gasteiger partial charge in [-0.05, 0) is 41.4 Å². The van der Waals surface area contributed by atoms with E-state index in [0.717, 1.165) is 6.42 Å². The predicted octanol–water partition coefficient (Wildman–Crippen LogP) is 3.67. The SMILES string of the molecule is CC1CC(C(N)c2cc(Cl)c(Br)cc2F)CO1. The molecule has 0 saturated carbocycles. The highest BCUT2D eigenvalue weighted by molar-refractivity contribution is 9.10. The van der Waals surface area contributed by atoms with Crippen LogP contribution in [0.3, 0.4) is 0 Å². The maximum Gasteiger partial charge on any atom is 0.129 e. The zero-order valence-corrected chi connectivity index (χ0v) is 11.8. The van der Waals surface area contributed by atoms with Crippen LogP contribution in [0.15, 0.2) is 16.6 Å². The van der Waals surface area contributed by atoms with Gasteiger partial charge in [-0.1, -0.05) is 11.6 Å². The Morgan fingerprint density at radius 1 is 1.59 bits per heavy atom. The first-order valence-corrected chi connectivity index (χ1v) is 6.67. The van der Waals surface area contributed by atoms with Gasteiger partial charge in [-0.25, -0.2) is 4.39 Å². The van der Waals surface area contributed by atoms with E-state index in [1.165, 1.54) is 6.07 Å². The van der Waals surface area contributed by atoms with Crippen molar-refractivity contribution < 1.29 is 9.13 Å². The highest BCUT2D eigenvalue weighted by atomic mass is 79.9. The minimum atomic E-state index is -0.370. The molecule has 3 atom stereocenters. The molecule has 1 saturated heterocycles. The van der Waals surface area contributed by atoms with Crippen LogP contribution in [0.2, 0.25) is 5.02 Å². The van der Waals surface area contributed by atoms with Crippen LogP contribution in [0.4, 0.5) is 4.39 Å². The first-order chi connectivity index (χ1) is 7.99. The third-order valence-corrected chi connectivity index (χ3v) is 4.33. The van der Waals surface area contributed by atoms with Crippen molar-refractivity contribution in [2.24, 2.45) is 11.7 Å². The molecular weight excluding hydrogens is 308 g/mol. The molecule has 1 aliphatic rings. The van der Waals surface area contributed by atoms with E-state index < -0.39 is 0 Å². The molecule has 1 aliphatic heterocycles. The van der Waals surface area contributed by atoms with Gasteiger partial charge < -0.3 is 10.5 Å². The number of nitrogens with two attached hydrogens (primary N) is 1. The summed E-state index contributed by atoms with van der Waals surface area (Å²) in [6, 6.07) is 2.58. The molecule has 2 nitrogen and oxygen atoms in total. The van der Waals surface area contributed by atoms with Gasteiger partial charge in [0.1, 0.15) is 5.82 Å². The van der Waals surface area contributed by atoms with E-state index in [2.05, 4.69) is 15.9 Å². The van der Waals surface area contributed by atoms with Crippen LogP contribution in [0.25, 0.3) is 0 Å². The van der Waals surface area contributed by atoms with Crippen LogP contribution in [-0.2, 0) is 4.74 Å². The van der Waals surface area contributed by atoms with Crippen molar-refractivity contribution in [1.82, 2.24) is 0 Å². The van der Waals surface area contributed by atoms with Gasteiger partial charge in [0.05, 0.1) is 17.7 Å². The van der Waals surface area contributed by atoms with Gasteiger partial charge in [0.15, 0.2) is 0 Å². The minimum Gasteiger partial charge on any atom is -0.378 e. The Bertz CT molecular complexity index is 429. The number of halogens is 3. The van der Waals surface area contributed by atoms with Gasteiger partial charge in [-0.2, -0.15) is 0 Å². The number of hydrogen-bond donors (Lipinski definition) is 1. The molecule has 0 amide bonds. The summed E-state index contributed by atoms with van der Waals surface area (Å²) < 4.78 is 19.8. The Balaban J connectivity index is 2.24. The highest BCUT2D eigenvalue weighted by Gasteiger charge is 2.30. The van der Waals surface area contributed by atoms with E-state index in [9.17, 15) is 4.39 Å². The fourth-order valence-electron chi connectivity index (χ4n) is 2.15. The molecule has 1 aromatic rings. The molecule has 3 unspecified atom stereocenters. The van der Waals surface area contributed by atoms with Crippen LogP contribution >= 0.6 is 27.5 Å². The first-order valence-electron chi connectivity index (χ1n) is 5.50. The van der Waals surface area contributed by atoms with Gasteiger partial charge in [-0.15, -0.1) is 0 Å². The summed E-state index contributed by atoms with van der Waals surface area (Å²) in [7, 11) is 0. The molecule has 1 fully saturated rings. The average Bonchev–Trinajstić information content (AvgIpc) is 2.69. The average molecular weight is 323 g/mol. The third-order valence-electron chi connectivity index (χ3n) is 3.14. The normalized spacial score (nSPS) is 26.2. The van der Waals surface area contributed by atoms with Gasteiger partial charge in [0, 0.05) is 22.0 Å². The lowest BCUT2D eigenvalue weighted by Gasteiger charge is -2.19. The molecule has 1 aromatic carbocycles. The summed E-state index contributed by atoms with van der Waals surface area (Å²) in [5, 5.41) is 0.476. The van der Waals surface area contributed by atoms with E-state index in [0.29, 0.717) is 21.7 Å². The van der Waals surface area contributed by atoms with Crippen LogP contribution < -0.4 is 5.73 Å². The van der Waals surface area contributed by atoms with E-state index in [4.69, 9.17) is 22.1 Å². The Morgan fingerprint density at radius 3 is 2.88 bits per heavy atom. The standard InChI is InChI=1S/C12H14BrClFNO/c1-6-2-7(5-17-6)12(16)8-3-10(14)9(13)4-11(8)15/h3-4,6-7,12H,2,5,16H2,1H3. The van der Waals surface area contributed by atoms with Gasteiger partial charge >= 0.3 is 0 Å².